The van der Waals surface area contributed by atoms with Crippen LogP contribution in [0.5, 0.6) is 17.2 Å². The first-order chi connectivity index (χ1) is 13.5. The lowest BCUT2D eigenvalue weighted by molar-refractivity contribution is 0.102. The molecule has 0 saturated heterocycles. The Labute approximate surface area is 161 Å². The van der Waals surface area contributed by atoms with Crippen LogP contribution in [0.15, 0.2) is 41.2 Å². The van der Waals surface area contributed by atoms with E-state index in [0.717, 1.165) is 0 Å². The fourth-order valence-corrected chi connectivity index (χ4v) is 2.92. The van der Waals surface area contributed by atoms with Crippen molar-refractivity contribution in [2.24, 2.45) is 0 Å². The molecule has 7 nitrogen and oxygen atoms in total. The minimum Gasteiger partial charge on any atom is -0.493 e. The third kappa shape index (κ3) is 3.16. The number of ketones is 1. The molecule has 1 heterocycles. The highest BCUT2D eigenvalue weighted by Gasteiger charge is 2.22. The Morgan fingerprint density at radius 2 is 1.75 bits per heavy atom. The number of hydrogen-bond acceptors (Lipinski definition) is 6. The van der Waals surface area contributed by atoms with Gasteiger partial charge in [0.2, 0.25) is 11.5 Å². The summed E-state index contributed by atoms with van der Waals surface area (Å²) in [6.45, 7) is -0.0812. The van der Waals surface area contributed by atoms with Gasteiger partial charge >= 0.3 is 0 Å². The first kappa shape index (κ1) is 19.0. The molecular formula is C21H18N2O5. The van der Waals surface area contributed by atoms with Crippen LogP contribution in [0, 0.1) is 12.3 Å². The van der Waals surface area contributed by atoms with Crippen molar-refractivity contribution in [1.82, 2.24) is 9.55 Å². The molecule has 3 aromatic rings. The van der Waals surface area contributed by atoms with Gasteiger partial charge in [-0.3, -0.25) is 14.2 Å². The molecule has 142 valence electrons. The van der Waals surface area contributed by atoms with Crippen LogP contribution in [0.2, 0.25) is 0 Å². The van der Waals surface area contributed by atoms with Crippen molar-refractivity contribution in [1.29, 1.82) is 0 Å². The summed E-state index contributed by atoms with van der Waals surface area (Å²) in [6, 6.07) is 9.80. The van der Waals surface area contributed by atoms with Gasteiger partial charge in [0.25, 0.3) is 5.56 Å². The predicted octanol–water partition coefficient (Wildman–Crippen LogP) is 2.29. The lowest BCUT2D eigenvalue weighted by Crippen LogP contribution is -2.28. The molecule has 7 heteroatoms. The van der Waals surface area contributed by atoms with Gasteiger partial charge in [0, 0.05) is 5.56 Å². The van der Waals surface area contributed by atoms with Crippen LogP contribution in [0.1, 0.15) is 16.2 Å². The number of fused-ring (bicyclic) bond motifs is 1. The van der Waals surface area contributed by atoms with Crippen molar-refractivity contribution in [3.8, 4) is 29.6 Å². The highest BCUT2D eigenvalue weighted by atomic mass is 16.5. The maximum atomic E-state index is 13.2. The Morgan fingerprint density at radius 1 is 1.11 bits per heavy atom. The largest absolute Gasteiger partial charge is 0.493 e. The normalized spacial score (nSPS) is 10.4. The lowest BCUT2D eigenvalue weighted by atomic mass is 10.1. The smallest absolute Gasteiger partial charge is 0.262 e. The summed E-state index contributed by atoms with van der Waals surface area (Å²) in [5, 5.41) is 0.388. The summed E-state index contributed by atoms with van der Waals surface area (Å²) >= 11 is 0. The van der Waals surface area contributed by atoms with Gasteiger partial charge in [0.05, 0.1) is 38.8 Å². The molecule has 0 bridgehead atoms. The van der Waals surface area contributed by atoms with Gasteiger partial charge in [-0.25, -0.2) is 4.98 Å². The Kier molecular flexibility index (Phi) is 5.32. The Bertz CT molecular complexity index is 1130. The van der Waals surface area contributed by atoms with Crippen LogP contribution in [-0.4, -0.2) is 36.7 Å². The number of rotatable bonds is 6. The van der Waals surface area contributed by atoms with E-state index in [-0.39, 0.29) is 23.5 Å². The molecule has 3 rings (SSSR count). The van der Waals surface area contributed by atoms with E-state index in [2.05, 4.69) is 10.9 Å². The van der Waals surface area contributed by atoms with E-state index in [0.29, 0.717) is 28.2 Å². The number of methoxy groups -OCH3 is 3. The van der Waals surface area contributed by atoms with E-state index in [1.165, 1.54) is 38.0 Å². The van der Waals surface area contributed by atoms with Crippen molar-refractivity contribution in [3.05, 3.63) is 58.1 Å². The molecule has 2 aromatic carbocycles. The van der Waals surface area contributed by atoms with Crippen molar-refractivity contribution >= 4 is 16.7 Å². The molecule has 0 aliphatic heterocycles. The van der Waals surface area contributed by atoms with Gasteiger partial charge in [-0.05, 0) is 24.3 Å². The fraction of sp³-hybridized carbons (Fsp3) is 0.190. The number of nitrogens with zero attached hydrogens (tertiary/aromatic N) is 2. The van der Waals surface area contributed by atoms with Crippen molar-refractivity contribution < 1.29 is 19.0 Å². The Hall–Kier alpha value is -3.79. The van der Waals surface area contributed by atoms with Crippen LogP contribution >= 0.6 is 0 Å². The maximum Gasteiger partial charge on any atom is 0.262 e. The van der Waals surface area contributed by atoms with E-state index in [4.69, 9.17) is 20.6 Å². The highest BCUT2D eigenvalue weighted by Crippen LogP contribution is 2.38. The third-order valence-corrected chi connectivity index (χ3v) is 4.24. The zero-order valence-electron chi connectivity index (χ0n) is 15.7. The minimum atomic E-state index is -0.489. The molecule has 0 radical (unpaired) electrons. The van der Waals surface area contributed by atoms with Gasteiger partial charge in [-0.2, -0.15) is 0 Å². The number of terminal acetylenes is 1. The highest BCUT2D eigenvalue weighted by molar-refractivity contribution is 6.08. The molecule has 0 saturated carbocycles. The monoisotopic (exact) mass is 378 g/mol. The topological polar surface area (TPSA) is 79.7 Å². The fourth-order valence-electron chi connectivity index (χ4n) is 2.92. The number of aromatic nitrogens is 2. The van der Waals surface area contributed by atoms with Gasteiger partial charge in [0.15, 0.2) is 17.3 Å². The van der Waals surface area contributed by atoms with Crippen LogP contribution in [0.3, 0.4) is 0 Å². The molecule has 28 heavy (non-hydrogen) atoms. The summed E-state index contributed by atoms with van der Waals surface area (Å²) in [5.74, 6) is 2.84. The van der Waals surface area contributed by atoms with Crippen LogP contribution < -0.4 is 19.8 Å². The Balaban J connectivity index is 2.25. The summed E-state index contributed by atoms with van der Waals surface area (Å²) in [6.07, 6.45) is 5.41. The predicted molar refractivity (Wildman–Crippen MR) is 104 cm³/mol. The first-order valence-corrected chi connectivity index (χ1v) is 8.33. The molecule has 0 spiro atoms. The zero-order chi connectivity index (χ0) is 20.3. The van der Waals surface area contributed by atoms with E-state index in [1.54, 1.807) is 24.3 Å². The van der Waals surface area contributed by atoms with Gasteiger partial charge in [-0.1, -0.05) is 18.1 Å². The number of carbonyl (C=O) groups excluding carboxylic acids is 1. The van der Waals surface area contributed by atoms with E-state index in [9.17, 15) is 9.59 Å². The van der Waals surface area contributed by atoms with Crippen molar-refractivity contribution in [2.75, 3.05) is 21.3 Å². The van der Waals surface area contributed by atoms with Crippen LogP contribution in [0.4, 0.5) is 0 Å². The standard InChI is InChI=1S/C21H18N2O5/c1-5-10-23-20(22-15-9-7-6-8-14(15)21(23)25)18(24)13-11-16(26-2)19(28-4)17(12-13)27-3/h1,6-9,11-12H,10H2,2-4H3. The average Bonchev–Trinajstić information content (AvgIpc) is 2.74. The van der Waals surface area contributed by atoms with E-state index < -0.39 is 5.78 Å². The molecule has 1 aromatic heterocycles. The summed E-state index contributed by atoms with van der Waals surface area (Å²) in [5.41, 5.74) is 0.262. The zero-order valence-corrected chi connectivity index (χ0v) is 15.7. The van der Waals surface area contributed by atoms with E-state index >= 15 is 0 Å². The average molecular weight is 378 g/mol. The summed E-state index contributed by atoms with van der Waals surface area (Å²) < 4.78 is 17.1. The second kappa shape index (κ2) is 7.84. The lowest BCUT2D eigenvalue weighted by Gasteiger charge is -2.15. The van der Waals surface area contributed by atoms with Gasteiger partial charge < -0.3 is 14.2 Å². The third-order valence-electron chi connectivity index (χ3n) is 4.24. The molecule has 0 aliphatic rings. The molecular weight excluding hydrogens is 360 g/mol. The van der Waals surface area contributed by atoms with Crippen molar-refractivity contribution in [3.63, 3.8) is 0 Å². The summed E-state index contributed by atoms with van der Waals surface area (Å²) in [4.78, 5) is 30.4. The molecule has 0 fully saturated rings. The molecule has 0 atom stereocenters. The molecule has 0 amide bonds. The van der Waals surface area contributed by atoms with Crippen molar-refractivity contribution in [2.45, 2.75) is 6.54 Å². The Morgan fingerprint density at radius 3 is 2.32 bits per heavy atom. The van der Waals surface area contributed by atoms with Gasteiger partial charge in [0.1, 0.15) is 0 Å². The molecule has 0 N–H and O–H groups in total. The SMILES string of the molecule is C#CCn1c(C(=O)c2cc(OC)c(OC)c(OC)c2)nc2ccccc2c1=O. The maximum absolute atomic E-state index is 13.2. The second-order valence-electron chi connectivity index (χ2n) is 5.79. The van der Waals surface area contributed by atoms with Gasteiger partial charge in [-0.15, -0.1) is 6.42 Å². The number of para-hydroxylation sites is 1. The quantitative estimate of drug-likeness (QED) is 0.484. The second-order valence-corrected chi connectivity index (χ2v) is 5.79. The molecule has 0 aliphatic carbocycles. The number of ether oxygens (including phenoxy) is 3. The molecule has 0 unspecified atom stereocenters. The number of benzene rings is 2. The number of hydrogen-bond donors (Lipinski definition) is 0. The summed E-state index contributed by atoms with van der Waals surface area (Å²) in [7, 11) is 4.37. The number of carbonyl (C=O) groups is 1. The van der Waals surface area contributed by atoms with E-state index in [1.807, 2.05) is 0 Å². The first-order valence-electron chi connectivity index (χ1n) is 8.33. The van der Waals surface area contributed by atoms with Crippen LogP contribution in [-0.2, 0) is 6.54 Å². The minimum absolute atomic E-state index is 0.0593. The van der Waals surface area contributed by atoms with Crippen LogP contribution in [0.25, 0.3) is 10.9 Å².